The average Bonchev–Trinajstić information content (AvgIpc) is 2.36. The van der Waals surface area contributed by atoms with E-state index in [1.54, 1.807) is 25.3 Å². The molecule has 0 saturated heterocycles. The van der Waals surface area contributed by atoms with Gasteiger partial charge in [0, 0.05) is 6.20 Å². The van der Waals surface area contributed by atoms with E-state index in [-0.39, 0.29) is 6.61 Å². The topological polar surface area (TPSA) is 91.3 Å². The van der Waals surface area contributed by atoms with Crippen LogP contribution in [0.1, 0.15) is 13.3 Å². The molecule has 1 atom stereocenters. The Morgan fingerprint density at radius 3 is 2.76 bits per heavy atom. The Morgan fingerprint density at radius 2 is 2.24 bits per heavy atom. The third kappa shape index (κ3) is 4.20. The van der Waals surface area contributed by atoms with Crippen LogP contribution >= 0.6 is 0 Å². The largest absolute Gasteiger partial charge is 0.394 e. The van der Waals surface area contributed by atoms with Crippen molar-refractivity contribution in [3.8, 4) is 0 Å². The number of rotatable bonds is 4. The summed E-state index contributed by atoms with van der Waals surface area (Å²) < 4.78 is 0. The highest BCUT2D eigenvalue weighted by Gasteiger charge is 2.17. The molecule has 0 aliphatic carbocycles. The number of carbonyl (C=O) groups is 2. The summed E-state index contributed by atoms with van der Waals surface area (Å²) in [6.07, 6.45) is 3.56. The number of nitrogens with one attached hydrogen (secondary N) is 2. The minimum Gasteiger partial charge on any atom is -0.394 e. The normalized spacial score (nSPS) is 11.6. The van der Waals surface area contributed by atoms with Crippen molar-refractivity contribution in [2.24, 2.45) is 0 Å². The van der Waals surface area contributed by atoms with Gasteiger partial charge in [-0.05, 0) is 18.6 Å². The second kappa shape index (κ2) is 6.59. The quantitative estimate of drug-likeness (QED) is 0.638. The minimum atomic E-state index is -0.773. The van der Waals surface area contributed by atoms with Crippen molar-refractivity contribution in [3.63, 3.8) is 0 Å². The number of amides is 2. The summed E-state index contributed by atoms with van der Waals surface area (Å²) in [5.41, 5.74) is 0.449. The summed E-state index contributed by atoms with van der Waals surface area (Å²) >= 11 is 0. The molecular formula is C11H15N3O3. The van der Waals surface area contributed by atoms with Crippen molar-refractivity contribution >= 4 is 17.5 Å². The van der Waals surface area contributed by atoms with Crippen molar-refractivity contribution in [2.45, 2.75) is 19.4 Å². The number of carbonyl (C=O) groups excluding carboxylic acids is 2. The number of hydrogen-bond acceptors (Lipinski definition) is 4. The van der Waals surface area contributed by atoms with Gasteiger partial charge in [0.25, 0.3) is 0 Å². The molecule has 0 spiro atoms. The molecule has 0 aliphatic heterocycles. The summed E-state index contributed by atoms with van der Waals surface area (Å²) in [5, 5.41) is 13.7. The molecule has 92 valence electrons. The molecule has 0 aliphatic rings. The first-order chi connectivity index (χ1) is 8.17. The van der Waals surface area contributed by atoms with E-state index in [0.717, 1.165) is 0 Å². The Balaban J connectivity index is 2.50. The first kappa shape index (κ1) is 13.1. The van der Waals surface area contributed by atoms with E-state index in [1.165, 1.54) is 6.20 Å². The monoisotopic (exact) mass is 237 g/mol. The zero-order chi connectivity index (χ0) is 12.7. The fourth-order valence-corrected chi connectivity index (χ4v) is 1.15. The van der Waals surface area contributed by atoms with Gasteiger partial charge in [0.15, 0.2) is 0 Å². The van der Waals surface area contributed by atoms with Gasteiger partial charge in [0.1, 0.15) is 0 Å². The Morgan fingerprint density at radius 1 is 1.47 bits per heavy atom. The van der Waals surface area contributed by atoms with Crippen molar-refractivity contribution in [1.82, 2.24) is 10.3 Å². The van der Waals surface area contributed by atoms with Gasteiger partial charge < -0.3 is 15.7 Å². The third-order valence-electron chi connectivity index (χ3n) is 2.17. The van der Waals surface area contributed by atoms with Crippen LogP contribution in [0.15, 0.2) is 24.5 Å². The summed E-state index contributed by atoms with van der Waals surface area (Å²) in [6.45, 7) is 1.61. The van der Waals surface area contributed by atoms with Crippen molar-refractivity contribution < 1.29 is 14.7 Å². The Kier molecular flexibility index (Phi) is 5.09. The SMILES string of the molecule is CC[C@@H](CO)NC(=O)C(=O)Nc1cccnc1. The van der Waals surface area contributed by atoms with Gasteiger partial charge in [-0.15, -0.1) is 0 Å². The van der Waals surface area contributed by atoms with Crippen LogP contribution in [0, 0.1) is 0 Å². The molecule has 0 unspecified atom stereocenters. The summed E-state index contributed by atoms with van der Waals surface area (Å²) in [7, 11) is 0. The first-order valence-electron chi connectivity index (χ1n) is 5.30. The van der Waals surface area contributed by atoms with Crippen molar-refractivity contribution in [1.29, 1.82) is 0 Å². The summed E-state index contributed by atoms with van der Waals surface area (Å²) in [4.78, 5) is 26.7. The first-order valence-corrected chi connectivity index (χ1v) is 5.30. The van der Waals surface area contributed by atoms with Crippen LogP contribution in [0.3, 0.4) is 0 Å². The molecule has 0 saturated carbocycles. The predicted octanol–water partition coefficient (Wildman–Crippen LogP) is -0.0928. The van der Waals surface area contributed by atoms with E-state index in [9.17, 15) is 9.59 Å². The minimum absolute atomic E-state index is 0.192. The molecule has 17 heavy (non-hydrogen) atoms. The fraction of sp³-hybridized carbons (Fsp3) is 0.364. The highest BCUT2D eigenvalue weighted by atomic mass is 16.3. The smallest absolute Gasteiger partial charge is 0.313 e. The van der Waals surface area contributed by atoms with Crippen molar-refractivity contribution in [3.05, 3.63) is 24.5 Å². The molecule has 0 fully saturated rings. The molecule has 6 heteroatoms. The van der Waals surface area contributed by atoms with E-state index in [2.05, 4.69) is 15.6 Å². The maximum absolute atomic E-state index is 11.4. The van der Waals surface area contributed by atoms with Gasteiger partial charge in [0.2, 0.25) is 0 Å². The van der Waals surface area contributed by atoms with Gasteiger partial charge in [0.05, 0.1) is 24.5 Å². The van der Waals surface area contributed by atoms with E-state index in [0.29, 0.717) is 12.1 Å². The second-order valence-corrected chi connectivity index (χ2v) is 3.46. The number of pyridine rings is 1. The standard InChI is InChI=1S/C11H15N3O3/c1-2-8(7-15)13-10(16)11(17)14-9-4-3-5-12-6-9/h3-6,8,15H,2,7H2,1H3,(H,13,16)(H,14,17)/t8-/m0/s1. The highest BCUT2D eigenvalue weighted by Crippen LogP contribution is 2.02. The zero-order valence-electron chi connectivity index (χ0n) is 9.51. The van der Waals surface area contributed by atoms with E-state index >= 15 is 0 Å². The van der Waals surface area contributed by atoms with Gasteiger partial charge in [-0.25, -0.2) is 0 Å². The molecule has 1 aromatic heterocycles. The van der Waals surface area contributed by atoms with Crippen LogP contribution in [0.25, 0.3) is 0 Å². The molecule has 0 radical (unpaired) electrons. The Bertz CT molecular complexity index is 377. The maximum atomic E-state index is 11.4. The summed E-state index contributed by atoms with van der Waals surface area (Å²) in [5.74, 6) is -1.54. The lowest BCUT2D eigenvalue weighted by molar-refractivity contribution is -0.136. The molecule has 1 heterocycles. The molecule has 0 aromatic carbocycles. The second-order valence-electron chi connectivity index (χ2n) is 3.46. The lowest BCUT2D eigenvalue weighted by Gasteiger charge is -2.13. The highest BCUT2D eigenvalue weighted by molar-refractivity contribution is 6.39. The third-order valence-corrected chi connectivity index (χ3v) is 2.17. The number of anilines is 1. The maximum Gasteiger partial charge on any atom is 0.313 e. The van der Waals surface area contributed by atoms with Gasteiger partial charge >= 0.3 is 11.8 Å². The molecular weight excluding hydrogens is 222 g/mol. The Labute approximate surface area is 99.1 Å². The van der Waals surface area contributed by atoms with E-state index in [4.69, 9.17) is 5.11 Å². The number of nitrogens with zero attached hydrogens (tertiary/aromatic N) is 1. The molecule has 2 amide bonds. The average molecular weight is 237 g/mol. The predicted molar refractivity (Wildman–Crippen MR) is 62.2 cm³/mol. The zero-order valence-corrected chi connectivity index (χ0v) is 9.51. The van der Waals surface area contributed by atoms with E-state index < -0.39 is 17.9 Å². The number of aliphatic hydroxyl groups is 1. The van der Waals surface area contributed by atoms with Crippen LogP contribution in [0.5, 0.6) is 0 Å². The number of aliphatic hydroxyl groups excluding tert-OH is 1. The van der Waals surface area contributed by atoms with Crippen LogP contribution in [0.2, 0.25) is 0 Å². The van der Waals surface area contributed by atoms with Crippen LogP contribution < -0.4 is 10.6 Å². The molecule has 1 rings (SSSR count). The molecule has 1 aromatic rings. The van der Waals surface area contributed by atoms with Crippen LogP contribution in [0.4, 0.5) is 5.69 Å². The lowest BCUT2D eigenvalue weighted by Crippen LogP contribution is -2.43. The van der Waals surface area contributed by atoms with Gasteiger partial charge in [-0.1, -0.05) is 6.92 Å². The fourth-order valence-electron chi connectivity index (χ4n) is 1.15. The van der Waals surface area contributed by atoms with Crippen LogP contribution in [-0.4, -0.2) is 34.6 Å². The summed E-state index contributed by atoms with van der Waals surface area (Å²) in [6, 6.07) is 2.87. The number of hydrogen-bond donors (Lipinski definition) is 3. The van der Waals surface area contributed by atoms with Crippen molar-refractivity contribution in [2.75, 3.05) is 11.9 Å². The Hall–Kier alpha value is -1.95. The number of aromatic nitrogens is 1. The van der Waals surface area contributed by atoms with Gasteiger partial charge in [-0.2, -0.15) is 0 Å². The lowest BCUT2D eigenvalue weighted by atomic mass is 10.2. The van der Waals surface area contributed by atoms with E-state index in [1.807, 2.05) is 0 Å². The van der Waals surface area contributed by atoms with Crippen LogP contribution in [-0.2, 0) is 9.59 Å². The van der Waals surface area contributed by atoms with Gasteiger partial charge in [-0.3, -0.25) is 14.6 Å². The molecule has 3 N–H and O–H groups in total. The molecule has 6 nitrogen and oxygen atoms in total. The molecule has 0 bridgehead atoms.